The van der Waals surface area contributed by atoms with Crippen LogP contribution in [0, 0.1) is 13.8 Å². The van der Waals surface area contributed by atoms with Crippen molar-refractivity contribution in [1.29, 1.82) is 0 Å². The van der Waals surface area contributed by atoms with Gasteiger partial charge in [-0.2, -0.15) is 0 Å². The second-order valence-electron chi connectivity index (χ2n) is 3.98. The molecule has 0 radical (unpaired) electrons. The van der Waals surface area contributed by atoms with E-state index in [0.29, 0.717) is 4.99 Å². The maximum atomic E-state index is 5.48. The number of nitrogens with two attached hydrogens (primary N) is 1. The molecule has 0 saturated carbocycles. The van der Waals surface area contributed by atoms with Gasteiger partial charge in [0, 0.05) is 25.7 Å². The van der Waals surface area contributed by atoms with Crippen molar-refractivity contribution in [2.24, 2.45) is 5.73 Å². The van der Waals surface area contributed by atoms with Gasteiger partial charge < -0.3 is 10.6 Å². The molecule has 82 valence electrons. The quantitative estimate of drug-likeness (QED) is 0.793. The smallest absolute Gasteiger partial charge is 0.0745 e. The van der Waals surface area contributed by atoms with Crippen molar-refractivity contribution < 1.29 is 0 Å². The summed E-state index contributed by atoms with van der Waals surface area (Å²) in [5.41, 5.74) is 9.28. The Balaban J connectivity index is 2.72. The highest BCUT2D eigenvalue weighted by Gasteiger charge is 2.02. The Labute approximate surface area is 97.1 Å². The zero-order valence-electron chi connectivity index (χ0n) is 9.58. The molecule has 0 bridgehead atoms. The minimum absolute atomic E-state index is 0.575. The largest absolute Gasteiger partial charge is 0.393 e. The van der Waals surface area contributed by atoms with Gasteiger partial charge in [-0.1, -0.05) is 18.3 Å². The van der Waals surface area contributed by atoms with Crippen LogP contribution in [0.1, 0.15) is 17.5 Å². The molecule has 1 rings (SSSR count). The molecule has 0 fully saturated rings. The van der Waals surface area contributed by atoms with Gasteiger partial charge in [-0.25, -0.2) is 0 Å². The fourth-order valence-corrected chi connectivity index (χ4v) is 1.67. The van der Waals surface area contributed by atoms with Crippen molar-refractivity contribution in [1.82, 2.24) is 0 Å². The van der Waals surface area contributed by atoms with Gasteiger partial charge in [-0.05, 0) is 37.1 Å². The first kappa shape index (κ1) is 12.0. The average Bonchev–Trinajstić information content (AvgIpc) is 2.12. The van der Waals surface area contributed by atoms with Gasteiger partial charge in [0.1, 0.15) is 0 Å². The van der Waals surface area contributed by atoms with Gasteiger partial charge in [-0.3, -0.25) is 0 Å². The van der Waals surface area contributed by atoms with Gasteiger partial charge >= 0.3 is 0 Å². The highest BCUT2D eigenvalue weighted by Crippen LogP contribution is 2.17. The first-order valence-electron chi connectivity index (χ1n) is 5.07. The summed E-state index contributed by atoms with van der Waals surface area (Å²) in [5, 5.41) is 0. The molecule has 0 spiro atoms. The number of rotatable bonds is 4. The summed E-state index contributed by atoms with van der Waals surface area (Å²) in [7, 11) is 2.06. The summed E-state index contributed by atoms with van der Waals surface area (Å²) < 4.78 is 0. The first-order valence-corrected chi connectivity index (χ1v) is 5.47. The lowest BCUT2D eigenvalue weighted by Gasteiger charge is -2.20. The molecule has 0 atom stereocenters. The summed E-state index contributed by atoms with van der Waals surface area (Å²) in [6.45, 7) is 5.09. The van der Waals surface area contributed by atoms with Gasteiger partial charge in [0.05, 0.1) is 4.99 Å². The molecule has 1 aromatic carbocycles. The van der Waals surface area contributed by atoms with Crippen LogP contribution in [0.4, 0.5) is 5.69 Å². The predicted octanol–water partition coefficient (Wildman–Crippen LogP) is 2.42. The molecule has 0 aliphatic rings. The Morgan fingerprint density at radius 2 is 1.80 bits per heavy atom. The molecular weight excluding hydrogens is 204 g/mol. The maximum absolute atomic E-state index is 5.48. The van der Waals surface area contributed by atoms with Crippen LogP contribution in [0.15, 0.2) is 18.2 Å². The normalized spacial score (nSPS) is 10.1. The zero-order valence-corrected chi connectivity index (χ0v) is 10.4. The number of hydrogen-bond acceptors (Lipinski definition) is 2. The minimum atomic E-state index is 0.575. The second-order valence-corrected chi connectivity index (χ2v) is 4.51. The van der Waals surface area contributed by atoms with E-state index in [4.69, 9.17) is 18.0 Å². The molecule has 0 unspecified atom stereocenters. The number of anilines is 1. The summed E-state index contributed by atoms with van der Waals surface area (Å²) in [4.78, 5) is 2.75. The number of aryl methyl sites for hydroxylation is 2. The number of nitrogens with zero attached hydrogens (tertiary/aromatic N) is 1. The van der Waals surface area contributed by atoms with Crippen LogP contribution in [0.25, 0.3) is 0 Å². The van der Waals surface area contributed by atoms with E-state index in [0.717, 1.165) is 13.0 Å². The third kappa shape index (κ3) is 3.88. The fourth-order valence-electron chi connectivity index (χ4n) is 1.58. The Kier molecular flexibility index (Phi) is 4.09. The molecule has 2 N–H and O–H groups in total. The molecule has 15 heavy (non-hydrogen) atoms. The van der Waals surface area contributed by atoms with Gasteiger partial charge in [0.2, 0.25) is 0 Å². The lowest BCUT2D eigenvalue weighted by Crippen LogP contribution is -2.23. The van der Waals surface area contributed by atoms with Crippen LogP contribution >= 0.6 is 12.2 Å². The Bertz CT molecular complexity index is 340. The summed E-state index contributed by atoms with van der Waals surface area (Å²) in [5.74, 6) is 0. The molecule has 0 aromatic heterocycles. The molecule has 0 amide bonds. The third-order valence-electron chi connectivity index (χ3n) is 2.34. The van der Waals surface area contributed by atoms with Gasteiger partial charge in [0.25, 0.3) is 0 Å². The summed E-state index contributed by atoms with van der Waals surface area (Å²) >= 11 is 4.87. The molecule has 0 aliphatic heterocycles. The van der Waals surface area contributed by atoms with Crippen LogP contribution in [0.3, 0.4) is 0 Å². The summed E-state index contributed by atoms with van der Waals surface area (Å²) in [6.07, 6.45) is 0.763. The highest BCUT2D eigenvalue weighted by atomic mass is 32.1. The second kappa shape index (κ2) is 5.12. The van der Waals surface area contributed by atoms with E-state index in [9.17, 15) is 0 Å². The minimum Gasteiger partial charge on any atom is -0.393 e. The number of hydrogen-bond donors (Lipinski definition) is 1. The molecular formula is C12H18N2S. The van der Waals surface area contributed by atoms with E-state index >= 15 is 0 Å². The maximum Gasteiger partial charge on any atom is 0.0745 e. The van der Waals surface area contributed by atoms with Crippen molar-refractivity contribution in [3.8, 4) is 0 Å². The fraction of sp³-hybridized carbons (Fsp3) is 0.417. The molecule has 0 aliphatic carbocycles. The standard InChI is InChI=1S/C12H18N2S/c1-9-6-10(2)8-11(7-9)14(3)5-4-12(13)15/h6-8H,4-5H2,1-3H3,(H2,13,15). The Morgan fingerprint density at radius 1 is 1.27 bits per heavy atom. The van der Waals surface area contributed by atoms with Crippen molar-refractivity contribution in [2.75, 3.05) is 18.5 Å². The Hall–Kier alpha value is -1.09. The SMILES string of the molecule is Cc1cc(C)cc(N(C)CCC(N)=S)c1. The lowest BCUT2D eigenvalue weighted by molar-refractivity contribution is 0.919. The topological polar surface area (TPSA) is 29.3 Å². The van der Waals surface area contributed by atoms with E-state index in [-0.39, 0.29) is 0 Å². The average molecular weight is 222 g/mol. The molecule has 0 saturated heterocycles. The van der Waals surface area contributed by atoms with E-state index in [2.05, 4.69) is 44.0 Å². The van der Waals surface area contributed by atoms with Gasteiger partial charge in [0.15, 0.2) is 0 Å². The van der Waals surface area contributed by atoms with Crippen LogP contribution in [-0.2, 0) is 0 Å². The lowest BCUT2D eigenvalue weighted by atomic mass is 10.1. The van der Waals surface area contributed by atoms with E-state index in [1.807, 2.05) is 0 Å². The molecule has 2 nitrogen and oxygen atoms in total. The van der Waals surface area contributed by atoms with Crippen LogP contribution in [0.2, 0.25) is 0 Å². The van der Waals surface area contributed by atoms with Crippen molar-refractivity contribution >= 4 is 22.9 Å². The molecule has 1 aromatic rings. The first-order chi connectivity index (χ1) is 6.99. The summed E-state index contributed by atoms with van der Waals surface area (Å²) in [6, 6.07) is 6.52. The van der Waals surface area contributed by atoms with Crippen molar-refractivity contribution in [3.63, 3.8) is 0 Å². The predicted molar refractivity (Wildman–Crippen MR) is 70.6 cm³/mol. The third-order valence-corrected chi connectivity index (χ3v) is 2.54. The van der Waals surface area contributed by atoms with Crippen molar-refractivity contribution in [2.45, 2.75) is 20.3 Å². The highest BCUT2D eigenvalue weighted by molar-refractivity contribution is 7.80. The monoisotopic (exact) mass is 222 g/mol. The number of benzene rings is 1. The number of thiocarbonyl (C=S) groups is 1. The van der Waals surface area contributed by atoms with Crippen LogP contribution in [0.5, 0.6) is 0 Å². The van der Waals surface area contributed by atoms with E-state index < -0.39 is 0 Å². The molecule has 3 heteroatoms. The van der Waals surface area contributed by atoms with Gasteiger partial charge in [-0.15, -0.1) is 0 Å². The molecule has 0 heterocycles. The van der Waals surface area contributed by atoms with E-state index in [1.54, 1.807) is 0 Å². The van der Waals surface area contributed by atoms with Crippen LogP contribution < -0.4 is 10.6 Å². The van der Waals surface area contributed by atoms with Crippen LogP contribution in [-0.4, -0.2) is 18.6 Å². The van der Waals surface area contributed by atoms with E-state index in [1.165, 1.54) is 16.8 Å². The zero-order chi connectivity index (χ0) is 11.4. The Morgan fingerprint density at radius 3 is 2.27 bits per heavy atom. The van der Waals surface area contributed by atoms with Crippen molar-refractivity contribution in [3.05, 3.63) is 29.3 Å².